The summed E-state index contributed by atoms with van der Waals surface area (Å²) in [4.78, 5) is 0. The molecule has 92 valence electrons. The zero-order chi connectivity index (χ0) is 12.2. The second kappa shape index (κ2) is 5.62. The Hall–Kier alpha value is 0.0900. The average Bonchev–Trinajstić information content (AvgIpc) is 2.70. The summed E-state index contributed by atoms with van der Waals surface area (Å²) in [6, 6.07) is 3.37. The number of rotatable bonds is 6. The highest BCUT2D eigenvalue weighted by Gasteiger charge is 2.28. The Kier molecular flexibility index (Phi) is 4.97. The van der Waals surface area contributed by atoms with Gasteiger partial charge in [-0.3, -0.25) is 0 Å². The van der Waals surface area contributed by atoms with Crippen LogP contribution in [-0.4, -0.2) is 19.3 Å². The molecule has 0 aromatic carbocycles. The molecule has 0 saturated heterocycles. The van der Waals surface area contributed by atoms with Crippen molar-refractivity contribution in [2.45, 2.75) is 36.4 Å². The van der Waals surface area contributed by atoms with Gasteiger partial charge in [-0.1, -0.05) is 28.9 Å². The van der Waals surface area contributed by atoms with Crippen LogP contribution in [0.4, 0.5) is 0 Å². The molecule has 0 amide bonds. The van der Waals surface area contributed by atoms with Crippen LogP contribution in [0, 0.1) is 0 Å². The fourth-order valence-corrected chi connectivity index (χ4v) is 4.67. The number of nitrogens with one attached hydrogen (secondary N) is 1. The lowest BCUT2D eigenvalue weighted by Crippen LogP contribution is -2.45. The van der Waals surface area contributed by atoms with E-state index in [-0.39, 0.29) is 5.54 Å². The van der Waals surface area contributed by atoms with Gasteiger partial charge in [0.05, 0.1) is 0 Å². The molecule has 1 aromatic rings. The topological polar surface area (TPSA) is 46.2 Å². The lowest BCUT2D eigenvalue weighted by Gasteiger charge is -2.28. The van der Waals surface area contributed by atoms with E-state index in [1.54, 1.807) is 17.5 Å². The number of thiophene rings is 1. The minimum absolute atomic E-state index is 0.377. The lowest BCUT2D eigenvalue weighted by atomic mass is 9.98. The standard InChI is InChI=1S/C10H16BrNO2S2/c1-3-10(2,6-7-11)12-16(13,14)9-5-4-8-15-9/h4-5,8,12H,3,6-7H2,1-2H3. The highest BCUT2D eigenvalue weighted by atomic mass is 79.9. The second-order valence-electron chi connectivity index (χ2n) is 3.89. The number of hydrogen-bond donors (Lipinski definition) is 1. The Morgan fingerprint density at radius 1 is 1.56 bits per heavy atom. The zero-order valence-corrected chi connectivity index (χ0v) is 12.6. The molecule has 6 heteroatoms. The minimum atomic E-state index is -3.36. The van der Waals surface area contributed by atoms with E-state index in [1.807, 2.05) is 13.8 Å². The molecule has 1 heterocycles. The van der Waals surface area contributed by atoms with E-state index in [2.05, 4.69) is 20.7 Å². The van der Waals surface area contributed by atoms with Crippen molar-refractivity contribution in [3.63, 3.8) is 0 Å². The highest BCUT2D eigenvalue weighted by Crippen LogP contribution is 2.22. The van der Waals surface area contributed by atoms with Crippen molar-refractivity contribution in [2.75, 3.05) is 5.33 Å². The van der Waals surface area contributed by atoms with Crippen molar-refractivity contribution in [3.8, 4) is 0 Å². The number of halogens is 1. The summed E-state index contributed by atoms with van der Waals surface area (Å²) in [6.45, 7) is 3.92. The summed E-state index contributed by atoms with van der Waals surface area (Å²) in [5.41, 5.74) is -0.383. The zero-order valence-electron chi connectivity index (χ0n) is 9.36. The van der Waals surface area contributed by atoms with Gasteiger partial charge in [0, 0.05) is 10.9 Å². The van der Waals surface area contributed by atoms with Gasteiger partial charge < -0.3 is 0 Å². The van der Waals surface area contributed by atoms with Crippen LogP contribution >= 0.6 is 27.3 Å². The van der Waals surface area contributed by atoms with Gasteiger partial charge in [0.1, 0.15) is 4.21 Å². The van der Waals surface area contributed by atoms with Crippen LogP contribution in [0.5, 0.6) is 0 Å². The molecule has 1 aromatic heterocycles. The maximum Gasteiger partial charge on any atom is 0.250 e. The molecule has 0 radical (unpaired) electrons. The maximum absolute atomic E-state index is 12.0. The Morgan fingerprint density at radius 3 is 2.69 bits per heavy atom. The summed E-state index contributed by atoms with van der Waals surface area (Å²) in [5, 5.41) is 2.55. The fraction of sp³-hybridized carbons (Fsp3) is 0.600. The average molecular weight is 326 g/mol. The SMILES string of the molecule is CCC(C)(CCBr)NS(=O)(=O)c1cccs1. The van der Waals surface area contributed by atoms with E-state index >= 15 is 0 Å². The van der Waals surface area contributed by atoms with Gasteiger partial charge in [0.25, 0.3) is 10.0 Å². The summed E-state index contributed by atoms with van der Waals surface area (Å²) < 4.78 is 27.2. The first-order valence-electron chi connectivity index (χ1n) is 5.07. The predicted octanol–water partition coefficient (Wildman–Crippen LogP) is 2.98. The molecule has 0 aliphatic rings. The van der Waals surface area contributed by atoms with Crippen molar-refractivity contribution in [2.24, 2.45) is 0 Å². The van der Waals surface area contributed by atoms with Crippen LogP contribution in [0.25, 0.3) is 0 Å². The van der Waals surface area contributed by atoms with Crippen LogP contribution in [-0.2, 0) is 10.0 Å². The number of alkyl halides is 1. The van der Waals surface area contributed by atoms with E-state index in [4.69, 9.17) is 0 Å². The first-order valence-corrected chi connectivity index (χ1v) is 8.55. The van der Waals surface area contributed by atoms with Gasteiger partial charge in [-0.05, 0) is 31.2 Å². The van der Waals surface area contributed by atoms with Gasteiger partial charge in [-0.15, -0.1) is 11.3 Å². The normalized spacial score (nSPS) is 15.9. The van der Waals surface area contributed by atoms with Gasteiger partial charge in [-0.2, -0.15) is 0 Å². The fourth-order valence-electron chi connectivity index (χ4n) is 1.30. The van der Waals surface area contributed by atoms with Crippen LogP contribution < -0.4 is 4.72 Å². The molecule has 0 saturated carbocycles. The molecule has 0 fully saturated rings. The van der Waals surface area contributed by atoms with E-state index in [0.717, 1.165) is 18.2 Å². The highest BCUT2D eigenvalue weighted by molar-refractivity contribution is 9.09. The molecule has 0 bridgehead atoms. The van der Waals surface area contributed by atoms with Crippen molar-refractivity contribution < 1.29 is 8.42 Å². The van der Waals surface area contributed by atoms with Gasteiger partial charge in [-0.25, -0.2) is 13.1 Å². The Labute approximate surface area is 109 Å². The van der Waals surface area contributed by atoms with Gasteiger partial charge in [0.15, 0.2) is 0 Å². The lowest BCUT2D eigenvalue weighted by molar-refractivity contribution is 0.393. The number of hydrogen-bond acceptors (Lipinski definition) is 3. The smallest absolute Gasteiger partial charge is 0.206 e. The number of sulfonamides is 1. The van der Waals surface area contributed by atoms with E-state index in [9.17, 15) is 8.42 Å². The first-order chi connectivity index (χ1) is 7.43. The third-order valence-electron chi connectivity index (χ3n) is 2.57. The Morgan fingerprint density at radius 2 is 2.25 bits per heavy atom. The molecule has 1 N–H and O–H groups in total. The Balaban J connectivity index is 2.87. The van der Waals surface area contributed by atoms with E-state index in [1.165, 1.54) is 11.3 Å². The molecule has 0 spiro atoms. The quantitative estimate of drug-likeness (QED) is 0.817. The first kappa shape index (κ1) is 14.2. The maximum atomic E-state index is 12.0. The largest absolute Gasteiger partial charge is 0.250 e. The summed E-state index contributed by atoms with van der Waals surface area (Å²) >= 11 is 4.59. The molecule has 0 aliphatic heterocycles. The third-order valence-corrected chi connectivity index (χ3v) is 6.00. The molecule has 16 heavy (non-hydrogen) atoms. The van der Waals surface area contributed by atoms with Crippen molar-refractivity contribution >= 4 is 37.3 Å². The van der Waals surface area contributed by atoms with Crippen LogP contribution in [0.1, 0.15) is 26.7 Å². The van der Waals surface area contributed by atoms with Gasteiger partial charge >= 0.3 is 0 Å². The summed E-state index contributed by atoms with van der Waals surface area (Å²) in [6.07, 6.45) is 1.54. The third kappa shape index (κ3) is 3.55. The van der Waals surface area contributed by atoms with Crippen molar-refractivity contribution in [1.29, 1.82) is 0 Å². The molecule has 0 aliphatic carbocycles. The van der Waals surface area contributed by atoms with Crippen molar-refractivity contribution in [3.05, 3.63) is 17.5 Å². The van der Waals surface area contributed by atoms with Crippen molar-refractivity contribution in [1.82, 2.24) is 4.72 Å². The molecule has 1 rings (SSSR count). The van der Waals surface area contributed by atoms with Crippen LogP contribution in [0.3, 0.4) is 0 Å². The second-order valence-corrected chi connectivity index (χ2v) is 7.54. The molecular formula is C10H16BrNO2S2. The van der Waals surface area contributed by atoms with Gasteiger partial charge in [0.2, 0.25) is 0 Å². The molecular weight excluding hydrogens is 310 g/mol. The van der Waals surface area contributed by atoms with E-state index < -0.39 is 10.0 Å². The monoisotopic (exact) mass is 325 g/mol. The summed E-state index contributed by atoms with van der Waals surface area (Å²) in [5.74, 6) is 0. The summed E-state index contributed by atoms with van der Waals surface area (Å²) in [7, 11) is -3.36. The Bertz CT molecular complexity index is 416. The van der Waals surface area contributed by atoms with Crippen LogP contribution in [0.15, 0.2) is 21.7 Å². The minimum Gasteiger partial charge on any atom is -0.206 e. The van der Waals surface area contributed by atoms with E-state index in [0.29, 0.717) is 4.21 Å². The predicted molar refractivity (Wildman–Crippen MR) is 71.7 cm³/mol. The van der Waals surface area contributed by atoms with Crippen LogP contribution in [0.2, 0.25) is 0 Å². The molecule has 1 unspecified atom stereocenters. The molecule has 1 atom stereocenters. The molecule has 3 nitrogen and oxygen atoms in total.